The summed E-state index contributed by atoms with van der Waals surface area (Å²) in [5.74, 6) is -0.568. The first-order valence-electron chi connectivity index (χ1n) is 9.51. The number of aliphatic hydroxyl groups is 1. The highest BCUT2D eigenvalue weighted by molar-refractivity contribution is 5.73. The molecule has 0 saturated heterocycles. The van der Waals surface area contributed by atoms with Gasteiger partial charge < -0.3 is 9.84 Å². The van der Waals surface area contributed by atoms with E-state index < -0.39 is 6.10 Å². The van der Waals surface area contributed by atoms with Crippen LogP contribution >= 0.6 is 0 Å². The van der Waals surface area contributed by atoms with Crippen molar-refractivity contribution in [1.29, 1.82) is 0 Å². The Morgan fingerprint density at radius 2 is 1.41 bits per heavy atom. The van der Waals surface area contributed by atoms with Gasteiger partial charge in [0, 0.05) is 0 Å². The second-order valence-corrected chi connectivity index (χ2v) is 6.37. The molecule has 0 spiro atoms. The molecule has 0 aromatic carbocycles. The van der Waals surface area contributed by atoms with E-state index in [1.54, 1.807) is 0 Å². The molecule has 0 aliphatic carbocycles. The predicted molar refractivity (Wildman–Crippen MR) is 92.9 cm³/mol. The van der Waals surface area contributed by atoms with Gasteiger partial charge in [0.25, 0.3) is 0 Å². The number of esters is 1. The lowest BCUT2D eigenvalue weighted by molar-refractivity contribution is -0.153. The zero-order chi connectivity index (χ0) is 16.6. The third-order valence-corrected chi connectivity index (χ3v) is 4.28. The summed E-state index contributed by atoms with van der Waals surface area (Å²) in [5.41, 5.74) is 0. The number of unbranched alkanes of at least 4 members (excludes halogenated alkanes) is 8. The van der Waals surface area contributed by atoms with Gasteiger partial charge in [0.1, 0.15) is 0 Å². The van der Waals surface area contributed by atoms with Crippen LogP contribution in [0.3, 0.4) is 0 Å². The average molecular weight is 315 g/mol. The molecule has 0 fully saturated rings. The highest BCUT2D eigenvalue weighted by Gasteiger charge is 2.25. The van der Waals surface area contributed by atoms with E-state index in [2.05, 4.69) is 6.92 Å². The van der Waals surface area contributed by atoms with Crippen LogP contribution in [0, 0.1) is 5.92 Å². The van der Waals surface area contributed by atoms with Crippen LogP contribution in [0.5, 0.6) is 0 Å². The first-order chi connectivity index (χ1) is 10.7. The Hall–Kier alpha value is -0.570. The van der Waals surface area contributed by atoms with E-state index in [1.165, 1.54) is 44.9 Å². The van der Waals surface area contributed by atoms with Crippen molar-refractivity contribution in [3.63, 3.8) is 0 Å². The van der Waals surface area contributed by atoms with Crippen molar-refractivity contribution < 1.29 is 14.6 Å². The van der Waals surface area contributed by atoms with Crippen LogP contribution in [-0.2, 0) is 9.53 Å². The Bertz CT molecular complexity index is 253. The number of hydrogen-bond acceptors (Lipinski definition) is 3. The molecule has 0 rings (SSSR count). The number of carbonyl (C=O) groups excluding carboxylic acids is 1. The maximum Gasteiger partial charge on any atom is 0.311 e. The molecule has 0 aliphatic heterocycles. The van der Waals surface area contributed by atoms with Crippen molar-refractivity contribution in [3.05, 3.63) is 0 Å². The van der Waals surface area contributed by atoms with E-state index in [-0.39, 0.29) is 11.9 Å². The van der Waals surface area contributed by atoms with Gasteiger partial charge in [-0.3, -0.25) is 4.79 Å². The minimum Gasteiger partial charge on any atom is -0.465 e. The molecule has 2 unspecified atom stereocenters. The lowest BCUT2D eigenvalue weighted by Crippen LogP contribution is -2.29. The monoisotopic (exact) mass is 314 g/mol. The summed E-state index contributed by atoms with van der Waals surface area (Å²) in [7, 11) is 0. The Kier molecular flexibility index (Phi) is 14.9. The summed E-state index contributed by atoms with van der Waals surface area (Å²) >= 11 is 0. The van der Waals surface area contributed by atoms with E-state index in [0.717, 1.165) is 19.3 Å². The van der Waals surface area contributed by atoms with Crippen molar-refractivity contribution in [3.8, 4) is 0 Å². The third-order valence-electron chi connectivity index (χ3n) is 4.28. The first-order valence-corrected chi connectivity index (χ1v) is 9.51. The maximum absolute atomic E-state index is 11.9. The molecule has 22 heavy (non-hydrogen) atoms. The second kappa shape index (κ2) is 15.3. The molecule has 0 saturated carbocycles. The lowest BCUT2D eigenvalue weighted by Gasteiger charge is -2.19. The molecule has 0 radical (unpaired) electrons. The first kappa shape index (κ1) is 21.4. The van der Waals surface area contributed by atoms with E-state index >= 15 is 0 Å². The fourth-order valence-corrected chi connectivity index (χ4v) is 2.79. The highest BCUT2D eigenvalue weighted by atomic mass is 16.5. The SMILES string of the molecule is CCCCCCCCCCCOC(=O)C(CC)C(O)CCC. The van der Waals surface area contributed by atoms with Crippen LogP contribution < -0.4 is 0 Å². The summed E-state index contributed by atoms with van der Waals surface area (Å²) in [6.45, 7) is 6.70. The molecule has 3 heteroatoms. The Labute approximate surface area is 137 Å². The van der Waals surface area contributed by atoms with Crippen LogP contribution in [0.15, 0.2) is 0 Å². The van der Waals surface area contributed by atoms with Crippen molar-refractivity contribution in [2.75, 3.05) is 6.61 Å². The highest BCUT2D eigenvalue weighted by Crippen LogP contribution is 2.16. The van der Waals surface area contributed by atoms with Crippen molar-refractivity contribution >= 4 is 5.97 Å². The second-order valence-electron chi connectivity index (χ2n) is 6.37. The number of carbonyl (C=O) groups is 1. The average Bonchev–Trinajstić information content (AvgIpc) is 2.50. The molecule has 0 aromatic rings. The molecule has 3 nitrogen and oxygen atoms in total. The van der Waals surface area contributed by atoms with Crippen LogP contribution in [0.4, 0.5) is 0 Å². The number of ether oxygens (including phenoxy) is 1. The van der Waals surface area contributed by atoms with E-state index in [4.69, 9.17) is 4.74 Å². The molecular formula is C19H38O3. The molecule has 132 valence electrons. The minimum absolute atomic E-state index is 0.219. The number of hydrogen-bond donors (Lipinski definition) is 1. The van der Waals surface area contributed by atoms with Crippen molar-refractivity contribution in [1.82, 2.24) is 0 Å². The normalized spacial score (nSPS) is 13.8. The quantitative estimate of drug-likeness (QED) is 0.332. The zero-order valence-electron chi connectivity index (χ0n) is 15.1. The number of aliphatic hydroxyl groups excluding tert-OH is 1. The van der Waals surface area contributed by atoms with Crippen molar-refractivity contribution in [2.45, 2.75) is 104 Å². The Balaban J connectivity index is 3.55. The minimum atomic E-state index is -0.550. The van der Waals surface area contributed by atoms with Gasteiger partial charge in [-0.2, -0.15) is 0 Å². The summed E-state index contributed by atoms with van der Waals surface area (Å²) in [6.07, 6.45) is 13.0. The van der Waals surface area contributed by atoms with Crippen LogP contribution in [0.2, 0.25) is 0 Å². The smallest absolute Gasteiger partial charge is 0.311 e. The van der Waals surface area contributed by atoms with Gasteiger partial charge in [0.15, 0.2) is 0 Å². The molecular weight excluding hydrogens is 276 g/mol. The predicted octanol–water partition coefficient (Wildman–Crippen LogP) is 5.25. The van der Waals surface area contributed by atoms with Gasteiger partial charge in [-0.05, 0) is 19.3 Å². The van der Waals surface area contributed by atoms with Gasteiger partial charge in [-0.15, -0.1) is 0 Å². The van der Waals surface area contributed by atoms with Gasteiger partial charge in [0.2, 0.25) is 0 Å². The lowest BCUT2D eigenvalue weighted by atomic mass is 9.96. The zero-order valence-corrected chi connectivity index (χ0v) is 15.1. The largest absolute Gasteiger partial charge is 0.465 e. The van der Waals surface area contributed by atoms with Crippen LogP contribution in [0.25, 0.3) is 0 Å². The Morgan fingerprint density at radius 1 is 0.864 bits per heavy atom. The Morgan fingerprint density at radius 3 is 1.91 bits per heavy atom. The molecule has 0 bridgehead atoms. The summed E-state index contributed by atoms with van der Waals surface area (Å²) in [6, 6.07) is 0. The van der Waals surface area contributed by atoms with Crippen LogP contribution in [-0.4, -0.2) is 23.8 Å². The van der Waals surface area contributed by atoms with Gasteiger partial charge in [-0.25, -0.2) is 0 Å². The molecule has 0 aliphatic rings. The molecule has 0 amide bonds. The van der Waals surface area contributed by atoms with E-state index in [9.17, 15) is 9.90 Å². The summed E-state index contributed by atoms with van der Waals surface area (Å²) < 4.78 is 5.32. The standard InChI is InChI=1S/C19H38O3/c1-4-7-8-9-10-11-12-13-14-16-22-19(21)17(6-3)18(20)15-5-2/h17-18,20H,4-16H2,1-3H3. The molecule has 1 N–H and O–H groups in total. The summed E-state index contributed by atoms with van der Waals surface area (Å²) in [4.78, 5) is 11.9. The van der Waals surface area contributed by atoms with Crippen LogP contribution in [0.1, 0.15) is 97.8 Å². The van der Waals surface area contributed by atoms with Gasteiger partial charge in [0.05, 0.1) is 18.6 Å². The topological polar surface area (TPSA) is 46.5 Å². The van der Waals surface area contributed by atoms with Gasteiger partial charge >= 0.3 is 5.97 Å². The fourth-order valence-electron chi connectivity index (χ4n) is 2.79. The number of rotatable bonds is 15. The molecule has 0 aromatic heterocycles. The molecule has 0 heterocycles. The van der Waals surface area contributed by atoms with E-state index in [0.29, 0.717) is 19.4 Å². The molecule has 2 atom stereocenters. The van der Waals surface area contributed by atoms with E-state index in [1.807, 2.05) is 13.8 Å². The maximum atomic E-state index is 11.9. The third kappa shape index (κ3) is 11.1. The summed E-state index contributed by atoms with van der Waals surface area (Å²) in [5, 5.41) is 9.94. The van der Waals surface area contributed by atoms with Crippen molar-refractivity contribution in [2.24, 2.45) is 5.92 Å². The van der Waals surface area contributed by atoms with Gasteiger partial charge in [-0.1, -0.05) is 78.6 Å². The fraction of sp³-hybridized carbons (Fsp3) is 0.947.